The summed E-state index contributed by atoms with van der Waals surface area (Å²) in [5.74, 6) is 1.11. The van der Waals surface area contributed by atoms with E-state index >= 15 is 0 Å². The summed E-state index contributed by atoms with van der Waals surface area (Å²) in [5, 5.41) is 15.1. The standard InChI is InChI=1S/C28H33FN4O3Si/c1-19-15-32(18-30-19)25-11-6-20(13-26(25)35-2)12-21-14-24(37(3,4)5)16-33-27(21)31-36-28(33,17-34)22-7-9-23(29)10-8-22/h6-13,15,18,24,34H,14,16-17H2,1-5H3. The molecule has 1 N–H and O–H groups in total. The molecule has 2 atom stereocenters. The number of aliphatic hydroxyl groups excluding tert-OH is 1. The molecule has 9 heteroatoms. The summed E-state index contributed by atoms with van der Waals surface area (Å²) in [5.41, 5.74) is 3.77. The first-order chi connectivity index (χ1) is 17.6. The molecule has 2 aliphatic heterocycles. The number of halogens is 1. The highest BCUT2D eigenvalue weighted by atomic mass is 28.3. The molecule has 1 aromatic heterocycles. The lowest BCUT2D eigenvalue weighted by Gasteiger charge is -2.44. The molecule has 7 nitrogen and oxygen atoms in total. The fourth-order valence-corrected chi connectivity index (χ4v) is 6.64. The minimum absolute atomic E-state index is 0.301. The molecule has 2 aromatic carbocycles. The Bertz CT molecular complexity index is 1360. The molecule has 0 saturated carbocycles. The molecule has 37 heavy (non-hydrogen) atoms. The Hall–Kier alpha value is -3.43. The molecular formula is C28H33FN4O3Si. The van der Waals surface area contributed by atoms with Gasteiger partial charge in [0, 0.05) is 26.4 Å². The van der Waals surface area contributed by atoms with Crippen molar-refractivity contribution in [3.05, 3.63) is 83.2 Å². The van der Waals surface area contributed by atoms with E-state index in [0.29, 0.717) is 23.5 Å². The van der Waals surface area contributed by atoms with Crippen molar-refractivity contribution in [1.82, 2.24) is 14.5 Å². The molecule has 194 valence electrons. The molecule has 1 saturated heterocycles. The molecule has 0 spiro atoms. The molecule has 0 bridgehead atoms. The van der Waals surface area contributed by atoms with Gasteiger partial charge in [0.2, 0.25) is 0 Å². The van der Waals surface area contributed by atoms with Crippen molar-refractivity contribution in [2.75, 3.05) is 20.3 Å². The van der Waals surface area contributed by atoms with Crippen LogP contribution in [0, 0.1) is 12.7 Å². The number of fused-ring (bicyclic) bond motifs is 1. The number of oxime groups is 1. The Morgan fingerprint density at radius 3 is 2.59 bits per heavy atom. The third-order valence-corrected chi connectivity index (χ3v) is 10.2. The van der Waals surface area contributed by atoms with E-state index in [1.54, 1.807) is 25.6 Å². The summed E-state index contributed by atoms with van der Waals surface area (Å²) in [6.07, 6.45) is 6.73. The second-order valence-electron chi connectivity index (χ2n) is 10.9. The van der Waals surface area contributed by atoms with Crippen LogP contribution < -0.4 is 4.74 Å². The Labute approximate surface area is 217 Å². The molecule has 3 heterocycles. The maximum absolute atomic E-state index is 13.7. The van der Waals surface area contributed by atoms with E-state index < -0.39 is 13.8 Å². The number of hydrogen-bond acceptors (Lipinski definition) is 6. The average Bonchev–Trinajstić information content (AvgIpc) is 3.48. The van der Waals surface area contributed by atoms with Crippen molar-refractivity contribution in [2.45, 2.75) is 44.3 Å². The zero-order chi connectivity index (χ0) is 26.4. The number of rotatable bonds is 6. The van der Waals surface area contributed by atoms with Gasteiger partial charge in [-0.2, -0.15) is 0 Å². The van der Waals surface area contributed by atoms with Crippen LogP contribution in [0.25, 0.3) is 11.8 Å². The smallest absolute Gasteiger partial charge is 0.260 e. The van der Waals surface area contributed by atoms with E-state index in [0.717, 1.165) is 34.7 Å². The Morgan fingerprint density at radius 1 is 1.22 bits per heavy atom. The van der Waals surface area contributed by atoms with Gasteiger partial charge in [-0.1, -0.05) is 30.9 Å². The maximum atomic E-state index is 13.7. The largest absolute Gasteiger partial charge is 0.495 e. The van der Waals surface area contributed by atoms with Gasteiger partial charge in [0.25, 0.3) is 5.72 Å². The Balaban J connectivity index is 1.55. The van der Waals surface area contributed by atoms with E-state index in [2.05, 4.69) is 46.8 Å². The predicted molar refractivity (Wildman–Crippen MR) is 145 cm³/mol. The third kappa shape index (κ3) is 4.57. The second-order valence-corrected chi connectivity index (χ2v) is 16.4. The SMILES string of the molecule is COc1cc(C=C2CC([Si](C)(C)C)CN3C2=NOC3(CO)c2ccc(F)cc2)ccc1-n1cnc(C)c1. The number of aromatic nitrogens is 2. The second kappa shape index (κ2) is 9.46. The van der Waals surface area contributed by atoms with Crippen LogP contribution in [0.3, 0.4) is 0 Å². The first-order valence-corrected chi connectivity index (χ1v) is 16.0. The van der Waals surface area contributed by atoms with E-state index in [1.165, 1.54) is 12.1 Å². The highest BCUT2D eigenvalue weighted by Crippen LogP contribution is 2.45. The van der Waals surface area contributed by atoms with Gasteiger partial charge >= 0.3 is 0 Å². The molecule has 0 aliphatic carbocycles. The summed E-state index contributed by atoms with van der Waals surface area (Å²) >= 11 is 0. The first-order valence-electron chi connectivity index (χ1n) is 12.5. The van der Waals surface area contributed by atoms with E-state index in [-0.39, 0.29) is 12.4 Å². The minimum Gasteiger partial charge on any atom is -0.495 e. The summed E-state index contributed by atoms with van der Waals surface area (Å²) in [7, 11) is 0.0644. The molecule has 0 amide bonds. The van der Waals surface area contributed by atoms with Crippen molar-refractivity contribution in [3.8, 4) is 11.4 Å². The van der Waals surface area contributed by atoms with Gasteiger partial charge in [-0.05, 0) is 72.5 Å². The maximum Gasteiger partial charge on any atom is 0.260 e. The van der Waals surface area contributed by atoms with Crippen LogP contribution in [-0.4, -0.2) is 53.7 Å². The van der Waals surface area contributed by atoms with Crippen LogP contribution in [0.5, 0.6) is 5.75 Å². The van der Waals surface area contributed by atoms with Crippen LogP contribution in [0.1, 0.15) is 23.2 Å². The van der Waals surface area contributed by atoms with Crippen molar-refractivity contribution >= 4 is 20.0 Å². The molecule has 5 rings (SSSR count). The molecule has 2 unspecified atom stereocenters. The number of ether oxygens (including phenoxy) is 1. The number of methoxy groups -OCH3 is 1. The summed E-state index contributed by atoms with van der Waals surface area (Å²) in [4.78, 5) is 12.4. The summed E-state index contributed by atoms with van der Waals surface area (Å²) < 4.78 is 21.4. The Kier molecular flexibility index (Phi) is 6.45. The number of aliphatic hydroxyl groups is 1. The highest BCUT2D eigenvalue weighted by molar-refractivity contribution is 6.77. The normalized spacial score (nSPS) is 22.6. The first kappa shape index (κ1) is 25.2. The molecular weight excluding hydrogens is 487 g/mol. The molecule has 2 aliphatic rings. The summed E-state index contributed by atoms with van der Waals surface area (Å²) in [6.45, 7) is 9.44. The van der Waals surface area contributed by atoms with Crippen molar-refractivity contribution < 1.29 is 19.1 Å². The molecule has 3 aromatic rings. The fraction of sp³-hybridized carbons (Fsp3) is 0.357. The van der Waals surface area contributed by atoms with Gasteiger partial charge in [-0.25, -0.2) is 9.37 Å². The fourth-order valence-electron chi connectivity index (χ4n) is 5.08. The van der Waals surface area contributed by atoms with Crippen molar-refractivity contribution in [2.24, 2.45) is 5.16 Å². The van der Waals surface area contributed by atoms with Gasteiger partial charge < -0.3 is 24.1 Å². The topological polar surface area (TPSA) is 72.1 Å². The zero-order valence-electron chi connectivity index (χ0n) is 21.9. The lowest BCUT2D eigenvalue weighted by Crippen LogP contribution is -2.54. The number of hydrogen-bond donors (Lipinski definition) is 1. The number of amidine groups is 1. The van der Waals surface area contributed by atoms with Gasteiger partial charge in [0.1, 0.15) is 18.2 Å². The van der Waals surface area contributed by atoms with Crippen LogP contribution in [0.15, 0.2) is 65.7 Å². The lowest BCUT2D eigenvalue weighted by molar-refractivity contribution is -0.137. The van der Waals surface area contributed by atoms with Gasteiger partial charge in [0.15, 0.2) is 5.84 Å². The van der Waals surface area contributed by atoms with Crippen molar-refractivity contribution in [1.29, 1.82) is 0 Å². The number of piperidine rings is 1. The number of benzene rings is 2. The van der Waals surface area contributed by atoms with Crippen LogP contribution in [0.4, 0.5) is 4.39 Å². The van der Waals surface area contributed by atoms with Gasteiger partial charge in [0.05, 0.1) is 24.8 Å². The number of imidazole rings is 1. The summed E-state index contributed by atoms with van der Waals surface area (Å²) in [6, 6.07) is 12.2. The molecule has 0 radical (unpaired) electrons. The Morgan fingerprint density at radius 2 is 1.97 bits per heavy atom. The van der Waals surface area contributed by atoms with Gasteiger partial charge in [-0.15, -0.1) is 0 Å². The monoisotopic (exact) mass is 520 g/mol. The van der Waals surface area contributed by atoms with E-state index in [9.17, 15) is 9.50 Å². The highest BCUT2D eigenvalue weighted by Gasteiger charge is 2.52. The molecule has 1 fully saturated rings. The zero-order valence-corrected chi connectivity index (χ0v) is 22.9. The van der Waals surface area contributed by atoms with Crippen LogP contribution in [0.2, 0.25) is 25.2 Å². The number of aryl methyl sites for hydroxylation is 1. The quantitative estimate of drug-likeness (QED) is 0.446. The minimum atomic E-state index is -1.60. The van der Waals surface area contributed by atoms with Crippen LogP contribution >= 0.6 is 0 Å². The van der Waals surface area contributed by atoms with Gasteiger partial charge in [-0.3, -0.25) is 0 Å². The van der Waals surface area contributed by atoms with Crippen molar-refractivity contribution in [3.63, 3.8) is 0 Å². The average molecular weight is 521 g/mol. The number of nitrogens with zero attached hydrogens (tertiary/aromatic N) is 4. The third-order valence-electron chi connectivity index (χ3n) is 7.40. The van der Waals surface area contributed by atoms with Crippen LogP contribution in [-0.2, 0) is 10.6 Å². The lowest BCUT2D eigenvalue weighted by atomic mass is 9.94. The van der Waals surface area contributed by atoms with E-state index in [1.807, 2.05) is 29.8 Å². The predicted octanol–water partition coefficient (Wildman–Crippen LogP) is 5.31. The van der Waals surface area contributed by atoms with E-state index in [4.69, 9.17) is 9.57 Å².